The number of hydrogen-bond donors (Lipinski definition) is 2. The summed E-state index contributed by atoms with van der Waals surface area (Å²) in [5, 5.41) is 28.2. The normalized spacial score (nSPS) is 17.2. The third-order valence-corrected chi connectivity index (χ3v) is 30.7. The molecule has 9 rings (SSSR count). The molecule has 5 atom stereocenters. The van der Waals surface area contributed by atoms with Crippen LogP contribution in [0, 0.1) is 0 Å². The van der Waals surface area contributed by atoms with Gasteiger partial charge in [0.15, 0.2) is 0 Å². The molecule has 3 fully saturated rings. The van der Waals surface area contributed by atoms with Crippen LogP contribution in [-0.2, 0) is 37.3 Å². The molecule has 0 aliphatic carbocycles. The number of Topliss-reactive ketones (excluding diaryl/α,β-unsaturated/α-hetero) is 2. The van der Waals surface area contributed by atoms with Gasteiger partial charge in [-0.15, -0.1) is 0 Å². The maximum absolute atomic E-state index is 11.5. The number of carboxylic acid groups (broad SMARTS) is 1. The zero-order valence-corrected chi connectivity index (χ0v) is 65.2. The van der Waals surface area contributed by atoms with E-state index in [4.69, 9.17) is 28.4 Å². The van der Waals surface area contributed by atoms with Crippen molar-refractivity contribution in [3.05, 3.63) is 182 Å². The second-order valence-electron chi connectivity index (χ2n) is 24.0. The zero-order chi connectivity index (χ0) is 60.9. The summed E-state index contributed by atoms with van der Waals surface area (Å²) >= 11 is 2.39. The average molecular weight is 1400 g/mol. The van der Waals surface area contributed by atoms with Gasteiger partial charge in [0, 0.05) is 57.0 Å². The van der Waals surface area contributed by atoms with E-state index in [0.717, 1.165) is 30.7 Å². The first-order valence-electron chi connectivity index (χ1n) is 28.4. The Hall–Kier alpha value is -1.47. The maximum atomic E-state index is 11.5. The van der Waals surface area contributed by atoms with Crippen LogP contribution in [0.3, 0.4) is 0 Å². The van der Waals surface area contributed by atoms with E-state index in [9.17, 15) is 14.4 Å². The standard InChI is InChI=1S/C22H29NO2Si.C21H27NO3Si.C18H23IOSi.C4H7NO.CH2O3.2K.Li.H2O.H/c1-18(24)21-17-23(21)15-16-25-26(22(2,3)4,19-11-7-5-8-12-19)20-13-9-6-10-14-20;1-21(2,3)26(17-10-6-4-7-11-17,18-12-8-5-9-13-18)25-15-14-22-16-19(22)20(23)24;1-18(2,3)21(20-15-14-19,16-10-6-4-7-11-16)17-12-8-5-9-13-17;1-3(6)4-2-5-4;2-1-4-3;;;;;/h5-14,21H,15-17H2,1-4H3;4-13,19H,14-16H2,1-3H3,(H,23,24);4-13H,14-15H2,1-3H3;4-5H,2H2,1H3;1,3H;;;;1H2;/q;;;;;3*+1;;-1/p-2/t21-,23?;19-,22?;;4-;;;;;;/m11.1....../s1. The van der Waals surface area contributed by atoms with Crippen molar-refractivity contribution in [2.24, 2.45) is 0 Å². The number of hydrogen-bond acceptors (Lipinski definition) is 13. The summed E-state index contributed by atoms with van der Waals surface area (Å²) < 4.78 is 21.2. The van der Waals surface area contributed by atoms with Crippen LogP contribution in [0.4, 0.5) is 0 Å². The summed E-state index contributed by atoms with van der Waals surface area (Å²) in [4.78, 5) is 48.1. The molecule has 2 unspecified atom stereocenters. The van der Waals surface area contributed by atoms with E-state index in [1.807, 2.05) is 17.0 Å². The van der Waals surface area contributed by atoms with E-state index in [-0.39, 0.29) is 180 Å². The molecular weight excluding hydrogens is 1310 g/mol. The zero-order valence-electron chi connectivity index (χ0n) is 54.8. The van der Waals surface area contributed by atoms with E-state index in [0.29, 0.717) is 26.3 Å². The van der Waals surface area contributed by atoms with Crippen LogP contribution in [0.5, 0.6) is 0 Å². The molecule has 0 amide bonds. The van der Waals surface area contributed by atoms with Gasteiger partial charge in [-0.1, -0.05) is 267 Å². The fourth-order valence-corrected chi connectivity index (χ4v) is 25.2. The smallest absolute Gasteiger partial charge is 1.00 e. The third kappa shape index (κ3) is 23.5. The number of carboxylic acids is 1. The van der Waals surface area contributed by atoms with Crippen LogP contribution >= 0.6 is 22.6 Å². The Morgan fingerprint density at radius 1 is 0.540 bits per heavy atom. The summed E-state index contributed by atoms with van der Waals surface area (Å²) in [6.07, 6.45) is 0. The molecule has 3 heterocycles. The first-order valence-corrected chi connectivity index (χ1v) is 35.7. The quantitative estimate of drug-likeness (QED) is 0.0154. The van der Waals surface area contributed by atoms with Crippen molar-refractivity contribution in [2.75, 3.05) is 57.0 Å². The van der Waals surface area contributed by atoms with E-state index in [1.54, 1.807) is 13.8 Å². The number of halogens is 1. The Morgan fingerprint density at radius 2 is 0.782 bits per heavy atom. The third-order valence-electron chi connectivity index (χ3n) is 15.2. The van der Waals surface area contributed by atoms with E-state index >= 15 is 0 Å². The first-order chi connectivity index (χ1) is 39.5. The summed E-state index contributed by atoms with van der Waals surface area (Å²) in [6.45, 7) is 29.5. The molecule has 0 spiro atoms. The average Bonchev–Trinajstić information content (AvgIpc) is 2.13. The Balaban J connectivity index is 0.00000117. The Kier molecular flexibility index (Phi) is 38.3. The number of alkyl halides is 1. The number of nitrogens with one attached hydrogen (secondary N) is 1. The predicted molar refractivity (Wildman–Crippen MR) is 351 cm³/mol. The van der Waals surface area contributed by atoms with Gasteiger partial charge in [-0.25, -0.2) is 0 Å². The minimum atomic E-state index is -2.51. The molecule has 6 aromatic rings. The molecule has 6 aromatic carbocycles. The van der Waals surface area contributed by atoms with Crippen molar-refractivity contribution in [3.63, 3.8) is 0 Å². The number of carbonyl (C=O) groups excluding carboxylic acids is 3. The molecule has 3 saturated heterocycles. The molecule has 3 N–H and O–H groups in total. The van der Waals surface area contributed by atoms with E-state index in [2.05, 4.69) is 270 Å². The van der Waals surface area contributed by atoms with Gasteiger partial charge in [-0.2, -0.15) is 0 Å². The SMILES string of the molecule is CC(=O)[C@H]1CN1.CC(=O)[C@H]1CN1CCO[Si](c1ccccc1)(c1ccccc1)C(C)(C)C.CC(C)(C)[Si](OCCI)(c1ccccc1)c1ccccc1.CC(C)(C)[Si](OCCN1C[C@@H]1C(=O)O)(c1ccccc1)c1ccccc1.O=CO[O-].[H-].[K+].[K+].[Li+].[OH-]. The van der Waals surface area contributed by atoms with Crippen LogP contribution in [0.25, 0.3) is 0 Å². The largest absolute Gasteiger partial charge is 1.00 e. The van der Waals surface area contributed by atoms with Gasteiger partial charge in [0.1, 0.15) is 17.6 Å². The van der Waals surface area contributed by atoms with Crippen molar-refractivity contribution in [2.45, 2.75) is 109 Å². The van der Waals surface area contributed by atoms with E-state index in [1.165, 1.54) is 31.1 Å². The van der Waals surface area contributed by atoms with Crippen LogP contribution in [0.15, 0.2) is 182 Å². The van der Waals surface area contributed by atoms with Gasteiger partial charge in [-0.3, -0.25) is 29.0 Å². The Labute approximate surface area is 633 Å². The van der Waals surface area contributed by atoms with Gasteiger partial charge in [0.25, 0.3) is 31.4 Å². The summed E-state index contributed by atoms with van der Waals surface area (Å²) in [6, 6.07) is 64.0. The molecular formula is C66H89IK2LiN3O11Si3. The van der Waals surface area contributed by atoms with Gasteiger partial charge in [0.2, 0.25) is 0 Å². The molecule has 0 saturated carbocycles. The molecule has 456 valence electrons. The van der Waals surface area contributed by atoms with Gasteiger partial charge in [-0.05, 0) is 60.1 Å². The second kappa shape index (κ2) is 39.9. The summed E-state index contributed by atoms with van der Waals surface area (Å²) in [5.74, 6) is -0.221. The molecule has 87 heavy (non-hydrogen) atoms. The molecule has 0 aromatic heterocycles. The van der Waals surface area contributed by atoms with Crippen molar-refractivity contribution in [1.29, 1.82) is 0 Å². The number of nitrogens with zero attached hydrogens (tertiary/aromatic N) is 2. The van der Waals surface area contributed by atoms with Gasteiger partial charge >= 0.3 is 128 Å². The molecule has 3 aliphatic rings. The molecule has 21 heteroatoms. The van der Waals surface area contributed by atoms with Crippen LogP contribution < -0.4 is 163 Å². The van der Waals surface area contributed by atoms with Gasteiger partial charge < -0.3 is 40.7 Å². The van der Waals surface area contributed by atoms with Crippen molar-refractivity contribution in [3.8, 4) is 0 Å². The van der Waals surface area contributed by atoms with Crippen LogP contribution in [0.1, 0.15) is 77.6 Å². The minimum Gasteiger partial charge on any atom is -1.00 e. The first kappa shape index (κ1) is 83.5. The fourth-order valence-electron chi connectivity index (χ4n) is 10.9. The van der Waals surface area contributed by atoms with Crippen LogP contribution in [-0.4, -0.2) is 144 Å². The van der Waals surface area contributed by atoms with E-state index < -0.39 is 30.9 Å². The fraction of sp³-hybridized carbons (Fsp3) is 0.394. The minimum absolute atomic E-state index is 0. The maximum Gasteiger partial charge on any atom is 1.00 e. The van der Waals surface area contributed by atoms with Crippen LogP contribution in [0.2, 0.25) is 15.1 Å². The molecule has 0 bridgehead atoms. The predicted octanol–water partition coefficient (Wildman–Crippen LogP) is -1.90. The van der Waals surface area contributed by atoms with Crippen molar-refractivity contribution in [1.82, 2.24) is 15.1 Å². The summed E-state index contributed by atoms with van der Waals surface area (Å²) in [5.41, 5.74) is 0. The molecule has 3 aliphatic heterocycles. The van der Waals surface area contributed by atoms with Crippen molar-refractivity contribution >= 4 is 103 Å². The summed E-state index contributed by atoms with van der Waals surface area (Å²) in [7, 11) is -7.24. The monoisotopic (exact) mass is 1400 g/mol. The number of benzene rings is 6. The van der Waals surface area contributed by atoms with Gasteiger partial charge in [0.05, 0.1) is 12.1 Å². The second-order valence-corrected chi connectivity index (χ2v) is 38.0. The number of carbonyl (C=O) groups is 4. The number of aliphatic carboxylic acids is 1. The Bertz CT molecular complexity index is 2680. The number of ketones is 2. The van der Waals surface area contributed by atoms with Crippen molar-refractivity contribution < 1.29 is 176 Å². The number of rotatable bonds is 21. The molecule has 14 nitrogen and oxygen atoms in total. The molecule has 0 radical (unpaired) electrons. The topological polar surface area (TPSA) is 206 Å². The Morgan fingerprint density at radius 3 is 0.943 bits per heavy atom.